The summed E-state index contributed by atoms with van der Waals surface area (Å²) in [6.45, 7) is 8.72. The molecule has 1 unspecified atom stereocenters. The molecule has 0 radical (unpaired) electrons. The predicted octanol–water partition coefficient (Wildman–Crippen LogP) is 3.98. The number of rotatable bonds is 7. The van der Waals surface area contributed by atoms with Gasteiger partial charge in [0.05, 0.1) is 0 Å². The van der Waals surface area contributed by atoms with Crippen molar-refractivity contribution in [1.82, 2.24) is 10.3 Å². The highest BCUT2D eigenvalue weighted by Gasteiger charge is 2.27. The zero-order valence-corrected chi connectivity index (χ0v) is 15.6. The lowest BCUT2D eigenvalue weighted by molar-refractivity contribution is 0.0930. The highest BCUT2D eigenvalue weighted by atomic mass is 16.2. The lowest BCUT2D eigenvalue weighted by Crippen LogP contribution is -2.38. The number of carbonyl (C=O) groups excluding carboxylic acids is 1. The first kappa shape index (κ1) is 18.8. The van der Waals surface area contributed by atoms with E-state index in [2.05, 4.69) is 38.0 Å². The Labute approximate surface area is 145 Å². The van der Waals surface area contributed by atoms with Crippen LogP contribution in [0.15, 0.2) is 10.9 Å². The zero-order chi connectivity index (χ0) is 17.7. The van der Waals surface area contributed by atoms with Crippen molar-refractivity contribution in [3.63, 3.8) is 0 Å². The Balaban J connectivity index is 2.16. The van der Waals surface area contributed by atoms with Gasteiger partial charge in [0.25, 0.3) is 11.5 Å². The third-order valence-corrected chi connectivity index (χ3v) is 5.06. The van der Waals surface area contributed by atoms with Gasteiger partial charge >= 0.3 is 0 Å². The van der Waals surface area contributed by atoms with Gasteiger partial charge in [-0.3, -0.25) is 9.59 Å². The Morgan fingerprint density at radius 1 is 1.29 bits per heavy atom. The van der Waals surface area contributed by atoms with Crippen LogP contribution in [0.3, 0.4) is 0 Å². The molecule has 1 aliphatic carbocycles. The van der Waals surface area contributed by atoms with Crippen molar-refractivity contribution < 1.29 is 4.79 Å². The van der Waals surface area contributed by atoms with Gasteiger partial charge in [-0.05, 0) is 49.1 Å². The van der Waals surface area contributed by atoms with E-state index in [0.717, 1.165) is 62.6 Å². The van der Waals surface area contributed by atoms with Crippen LogP contribution in [0, 0.1) is 5.41 Å². The summed E-state index contributed by atoms with van der Waals surface area (Å²) in [4.78, 5) is 27.9. The SMILES string of the molecule is CCCCC(CCC)NC(=O)c1cc2c([nH]c1=O)CC(C)(C)CC2. The minimum absolute atomic E-state index is 0.164. The summed E-state index contributed by atoms with van der Waals surface area (Å²) in [7, 11) is 0. The van der Waals surface area contributed by atoms with E-state index in [1.165, 1.54) is 0 Å². The number of pyridine rings is 1. The Morgan fingerprint density at radius 2 is 2.04 bits per heavy atom. The molecule has 1 aromatic rings. The van der Waals surface area contributed by atoms with Gasteiger partial charge in [-0.2, -0.15) is 0 Å². The molecule has 0 saturated carbocycles. The molecule has 0 aliphatic heterocycles. The second-order valence-corrected chi connectivity index (χ2v) is 7.96. The van der Waals surface area contributed by atoms with E-state index in [0.29, 0.717) is 0 Å². The second kappa shape index (κ2) is 8.00. The number of hydrogen-bond donors (Lipinski definition) is 2. The van der Waals surface area contributed by atoms with Gasteiger partial charge in [0, 0.05) is 11.7 Å². The predicted molar refractivity (Wildman–Crippen MR) is 98.6 cm³/mol. The molecule has 0 bridgehead atoms. The smallest absolute Gasteiger partial charge is 0.261 e. The van der Waals surface area contributed by atoms with Crippen LogP contribution in [0.5, 0.6) is 0 Å². The van der Waals surface area contributed by atoms with E-state index < -0.39 is 0 Å². The number of fused-ring (bicyclic) bond motifs is 1. The Bertz CT molecular complexity index is 631. The highest BCUT2D eigenvalue weighted by Crippen LogP contribution is 2.33. The molecule has 1 atom stereocenters. The van der Waals surface area contributed by atoms with Crippen LogP contribution in [0.25, 0.3) is 0 Å². The Hall–Kier alpha value is -1.58. The quantitative estimate of drug-likeness (QED) is 0.793. The van der Waals surface area contributed by atoms with E-state index >= 15 is 0 Å². The number of aromatic amines is 1. The Kier molecular flexibility index (Phi) is 6.25. The van der Waals surface area contributed by atoms with Crippen LogP contribution >= 0.6 is 0 Å². The van der Waals surface area contributed by atoms with Gasteiger partial charge in [0.1, 0.15) is 5.56 Å². The van der Waals surface area contributed by atoms with Crippen molar-refractivity contribution in [2.45, 2.75) is 85.1 Å². The minimum atomic E-state index is -0.255. The highest BCUT2D eigenvalue weighted by molar-refractivity contribution is 5.94. The van der Waals surface area contributed by atoms with Crippen molar-refractivity contribution >= 4 is 5.91 Å². The molecule has 0 fully saturated rings. The fraction of sp³-hybridized carbons (Fsp3) is 0.700. The Morgan fingerprint density at radius 3 is 2.71 bits per heavy atom. The first-order valence-corrected chi connectivity index (χ1v) is 9.42. The van der Waals surface area contributed by atoms with Gasteiger partial charge in [-0.1, -0.05) is 47.0 Å². The molecule has 0 spiro atoms. The van der Waals surface area contributed by atoms with E-state index in [1.54, 1.807) is 0 Å². The molecule has 1 amide bonds. The van der Waals surface area contributed by atoms with Crippen LogP contribution < -0.4 is 10.9 Å². The topological polar surface area (TPSA) is 62.0 Å². The lowest BCUT2D eigenvalue weighted by Gasteiger charge is -2.31. The number of nitrogens with one attached hydrogen (secondary N) is 2. The summed E-state index contributed by atoms with van der Waals surface area (Å²) in [5.74, 6) is -0.224. The number of hydrogen-bond acceptors (Lipinski definition) is 2. The van der Waals surface area contributed by atoms with Crippen molar-refractivity contribution in [2.24, 2.45) is 5.41 Å². The normalized spacial score (nSPS) is 17.2. The molecule has 2 N–H and O–H groups in total. The summed E-state index contributed by atoms with van der Waals surface area (Å²) < 4.78 is 0. The van der Waals surface area contributed by atoms with Crippen LogP contribution in [0.1, 0.15) is 87.8 Å². The molecule has 24 heavy (non-hydrogen) atoms. The van der Waals surface area contributed by atoms with Crippen LogP contribution in [0.2, 0.25) is 0 Å². The monoisotopic (exact) mass is 332 g/mol. The van der Waals surface area contributed by atoms with E-state index in [-0.39, 0.29) is 28.5 Å². The maximum absolute atomic E-state index is 12.6. The van der Waals surface area contributed by atoms with Crippen molar-refractivity contribution in [2.75, 3.05) is 0 Å². The van der Waals surface area contributed by atoms with Crippen LogP contribution in [0.4, 0.5) is 0 Å². The first-order chi connectivity index (χ1) is 11.4. The molecule has 4 nitrogen and oxygen atoms in total. The van der Waals surface area contributed by atoms with Crippen molar-refractivity contribution in [3.8, 4) is 0 Å². The van der Waals surface area contributed by atoms with Crippen molar-refractivity contribution in [3.05, 3.63) is 33.2 Å². The molecule has 4 heteroatoms. The summed E-state index contributed by atoms with van der Waals surface area (Å²) in [5.41, 5.74) is 2.36. The number of carbonyl (C=O) groups is 1. The van der Waals surface area contributed by atoms with Crippen molar-refractivity contribution in [1.29, 1.82) is 0 Å². The molecular weight excluding hydrogens is 300 g/mol. The zero-order valence-electron chi connectivity index (χ0n) is 15.6. The van der Waals surface area contributed by atoms with Gasteiger partial charge in [0.15, 0.2) is 0 Å². The molecule has 0 saturated heterocycles. The number of unbranched alkanes of at least 4 members (excludes halogenated alkanes) is 1. The van der Waals surface area contributed by atoms with E-state index in [1.807, 2.05) is 6.07 Å². The molecular formula is C20H32N2O2. The molecule has 2 rings (SSSR count). The molecule has 1 aliphatic rings. The maximum atomic E-state index is 12.6. The van der Waals surface area contributed by atoms with E-state index in [9.17, 15) is 9.59 Å². The molecule has 1 heterocycles. The van der Waals surface area contributed by atoms with Gasteiger partial charge in [0.2, 0.25) is 0 Å². The van der Waals surface area contributed by atoms with E-state index in [4.69, 9.17) is 0 Å². The lowest BCUT2D eigenvalue weighted by atomic mass is 9.76. The molecule has 1 aromatic heterocycles. The third-order valence-electron chi connectivity index (χ3n) is 5.06. The summed E-state index contributed by atoms with van der Waals surface area (Å²) in [6, 6.07) is 1.98. The van der Waals surface area contributed by atoms with Crippen LogP contribution in [-0.2, 0) is 12.8 Å². The number of amides is 1. The molecule has 134 valence electrons. The summed E-state index contributed by atoms with van der Waals surface area (Å²) in [5, 5.41) is 3.07. The van der Waals surface area contributed by atoms with Gasteiger partial charge in [-0.15, -0.1) is 0 Å². The largest absolute Gasteiger partial charge is 0.349 e. The summed E-state index contributed by atoms with van der Waals surface area (Å²) in [6.07, 6.45) is 8.07. The third kappa shape index (κ3) is 4.71. The summed E-state index contributed by atoms with van der Waals surface area (Å²) >= 11 is 0. The first-order valence-electron chi connectivity index (χ1n) is 9.42. The van der Waals surface area contributed by atoms with Crippen LogP contribution in [-0.4, -0.2) is 16.9 Å². The molecule has 0 aromatic carbocycles. The average molecular weight is 332 g/mol. The second-order valence-electron chi connectivity index (χ2n) is 7.96. The number of aromatic nitrogens is 1. The average Bonchev–Trinajstić information content (AvgIpc) is 2.51. The fourth-order valence-corrected chi connectivity index (χ4v) is 3.55. The number of H-pyrrole nitrogens is 1. The van der Waals surface area contributed by atoms with Gasteiger partial charge < -0.3 is 10.3 Å². The fourth-order valence-electron chi connectivity index (χ4n) is 3.55. The van der Waals surface area contributed by atoms with Gasteiger partial charge in [-0.25, -0.2) is 0 Å². The minimum Gasteiger partial charge on any atom is -0.349 e. The number of aryl methyl sites for hydroxylation is 1. The standard InChI is InChI=1S/C20H32N2O2/c1-5-7-9-15(8-6-2)21-18(23)16-12-14-10-11-20(3,4)13-17(14)22-19(16)24/h12,15H,5-11,13H2,1-4H3,(H,21,23)(H,22,24). The maximum Gasteiger partial charge on any atom is 0.261 e.